The molecule has 0 N–H and O–H groups in total. The van der Waals surface area contributed by atoms with Gasteiger partial charge < -0.3 is 4.74 Å². The molecule has 6 heteroatoms. The number of sulfonamides is 1. The molecule has 0 saturated carbocycles. The van der Waals surface area contributed by atoms with Crippen molar-refractivity contribution in [3.05, 3.63) is 46.2 Å². The highest BCUT2D eigenvalue weighted by Gasteiger charge is 2.28. The zero-order chi connectivity index (χ0) is 14.2. The van der Waals surface area contributed by atoms with Crippen molar-refractivity contribution in [2.24, 2.45) is 0 Å². The van der Waals surface area contributed by atoms with E-state index in [1.165, 1.54) is 4.88 Å². The maximum atomic E-state index is 12.6. The van der Waals surface area contributed by atoms with Gasteiger partial charge in [0.1, 0.15) is 5.75 Å². The minimum Gasteiger partial charge on any atom is -0.497 e. The molecule has 0 fully saturated rings. The predicted octanol–water partition coefficient (Wildman–Crippen LogP) is 2.50. The van der Waals surface area contributed by atoms with Crippen LogP contribution in [0.15, 0.2) is 40.6 Å². The molecular formula is C14H15NO3S2. The number of thiophene rings is 1. The maximum absolute atomic E-state index is 12.6. The second-order valence-corrected chi connectivity index (χ2v) is 7.57. The molecule has 4 nitrogen and oxygen atoms in total. The van der Waals surface area contributed by atoms with Gasteiger partial charge in [-0.3, -0.25) is 0 Å². The minimum absolute atomic E-state index is 0.317. The van der Waals surface area contributed by atoms with Crippen LogP contribution in [0.4, 0.5) is 0 Å². The van der Waals surface area contributed by atoms with E-state index in [9.17, 15) is 8.42 Å². The van der Waals surface area contributed by atoms with Crippen LogP contribution in [0.2, 0.25) is 0 Å². The number of hydrogen-bond acceptors (Lipinski definition) is 4. The lowest BCUT2D eigenvalue weighted by Crippen LogP contribution is -2.35. The summed E-state index contributed by atoms with van der Waals surface area (Å²) >= 11 is 1.70. The van der Waals surface area contributed by atoms with E-state index < -0.39 is 10.0 Å². The van der Waals surface area contributed by atoms with Crippen LogP contribution in [0.5, 0.6) is 5.75 Å². The maximum Gasteiger partial charge on any atom is 0.243 e. The van der Waals surface area contributed by atoms with Gasteiger partial charge in [-0.05, 0) is 47.7 Å². The third-order valence-corrected chi connectivity index (χ3v) is 6.35. The third-order valence-electron chi connectivity index (χ3n) is 3.47. The summed E-state index contributed by atoms with van der Waals surface area (Å²) in [6, 6.07) is 8.55. The van der Waals surface area contributed by atoms with E-state index in [0.29, 0.717) is 23.7 Å². The molecule has 1 aliphatic heterocycles. The normalized spacial score (nSPS) is 15.8. The van der Waals surface area contributed by atoms with Crippen LogP contribution in [0.1, 0.15) is 10.4 Å². The van der Waals surface area contributed by atoms with Gasteiger partial charge >= 0.3 is 0 Å². The predicted molar refractivity (Wildman–Crippen MR) is 78.6 cm³/mol. The van der Waals surface area contributed by atoms with Gasteiger partial charge in [0.15, 0.2) is 0 Å². The van der Waals surface area contributed by atoms with Gasteiger partial charge in [-0.15, -0.1) is 11.3 Å². The summed E-state index contributed by atoms with van der Waals surface area (Å²) in [4.78, 5) is 1.61. The summed E-state index contributed by atoms with van der Waals surface area (Å²) in [5, 5.41) is 2.02. The standard InChI is InChI=1S/C14H15NO3S2/c1-18-12-2-4-13(5-3-12)20(16,17)15-8-6-14-11(10-15)7-9-19-14/h2-5,7,9H,6,8,10H2,1H3. The Morgan fingerprint density at radius 3 is 2.65 bits per heavy atom. The summed E-state index contributed by atoms with van der Waals surface area (Å²) in [5.74, 6) is 0.655. The van der Waals surface area contributed by atoms with Gasteiger partial charge in [-0.25, -0.2) is 8.42 Å². The fourth-order valence-corrected chi connectivity index (χ4v) is 4.63. The lowest BCUT2D eigenvalue weighted by molar-refractivity contribution is 0.393. The molecular weight excluding hydrogens is 294 g/mol. The number of nitrogens with zero attached hydrogens (tertiary/aromatic N) is 1. The molecule has 3 rings (SSSR count). The summed E-state index contributed by atoms with van der Waals surface area (Å²) in [6.07, 6.45) is 0.794. The number of rotatable bonds is 3. The van der Waals surface area contributed by atoms with Crippen molar-refractivity contribution >= 4 is 21.4 Å². The van der Waals surface area contributed by atoms with E-state index in [-0.39, 0.29) is 0 Å². The molecule has 0 atom stereocenters. The van der Waals surface area contributed by atoms with Crippen LogP contribution in [0.3, 0.4) is 0 Å². The van der Waals surface area contributed by atoms with E-state index >= 15 is 0 Å². The highest BCUT2D eigenvalue weighted by Crippen LogP contribution is 2.28. The molecule has 20 heavy (non-hydrogen) atoms. The fraction of sp³-hybridized carbons (Fsp3) is 0.286. The van der Waals surface area contributed by atoms with Crippen LogP contribution < -0.4 is 4.74 Å². The van der Waals surface area contributed by atoms with Crippen molar-refractivity contribution < 1.29 is 13.2 Å². The molecule has 2 heterocycles. The van der Waals surface area contributed by atoms with E-state index in [1.807, 2.05) is 11.4 Å². The van der Waals surface area contributed by atoms with Crippen LogP contribution >= 0.6 is 11.3 Å². The molecule has 1 aromatic heterocycles. The average molecular weight is 309 g/mol. The molecule has 0 amide bonds. The topological polar surface area (TPSA) is 46.6 Å². The van der Waals surface area contributed by atoms with Gasteiger partial charge in [0, 0.05) is 18.0 Å². The van der Waals surface area contributed by atoms with Crippen molar-refractivity contribution in [1.82, 2.24) is 4.31 Å². The number of benzene rings is 1. The first-order valence-electron chi connectivity index (χ1n) is 6.31. The summed E-state index contributed by atoms with van der Waals surface area (Å²) < 4.78 is 31.8. The molecule has 0 radical (unpaired) electrons. The molecule has 0 bridgehead atoms. The highest BCUT2D eigenvalue weighted by atomic mass is 32.2. The van der Waals surface area contributed by atoms with E-state index in [0.717, 1.165) is 12.0 Å². The largest absolute Gasteiger partial charge is 0.497 e. The summed E-state index contributed by atoms with van der Waals surface area (Å²) in [7, 11) is -1.86. The molecule has 106 valence electrons. The lowest BCUT2D eigenvalue weighted by atomic mass is 10.1. The van der Waals surface area contributed by atoms with Gasteiger partial charge in [0.25, 0.3) is 0 Å². The summed E-state index contributed by atoms with van der Waals surface area (Å²) in [6.45, 7) is 1.01. The van der Waals surface area contributed by atoms with E-state index in [2.05, 4.69) is 0 Å². The lowest BCUT2D eigenvalue weighted by Gasteiger charge is -2.26. The zero-order valence-corrected chi connectivity index (χ0v) is 12.7. The van der Waals surface area contributed by atoms with Gasteiger partial charge in [-0.2, -0.15) is 4.31 Å². The van der Waals surface area contributed by atoms with Crippen molar-refractivity contribution in [3.63, 3.8) is 0 Å². The quantitative estimate of drug-likeness (QED) is 0.875. The Morgan fingerprint density at radius 2 is 1.95 bits per heavy atom. The molecule has 0 unspecified atom stereocenters. The molecule has 0 aliphatic carbocycles. The Balaban J connectivity index is 1.88. The van der Waals surface area contributed by atoms with Gasteiger partial charge in [0.05, 0.1) is 12.0 Å². The first-order chi connectivity index (χ1) is 9.61. The molecule has 1 aliphatic rings. The van der Waals surface area contributed by atoms with Crippen molar-refractivity contribution in [2.45, 2.75) is 17.9 Å². The van der Waals surface area contributed by atoms with Gasteiger partial charge in [-0.1, -0.05) is 0 Å². The molecule has 0 saturated heterocycles. The second-order valence-electron chi connectivity index (χ2n) is 4.63. The zero-order valence-electron chi connectivity index (χ0n) is 11.1. The fourth-order valence-electron chi connectivity index (χ4n) is 2.32. The summed E-state index contributed by atoms with van der Waals surface area (Å²) in [5.41, 5.74) is 1.12. The molecule has 2 aromatic rings. The number of hydrogen-bond donors (Lipinski definition) is 0. The Morgan fingerprint density at radius 1 is 1.20 bits per heavy atom. The number of methoxy groups -OCH3 is 1. The Labute approximate surface area is 122 Å². The monoisotopic (exact) mass is 309 g/mol. The van der Waals surface area contributed by atoms with Crippen molar-refractivity contribution in [2.75, 3.05) is 13.7 Å². The SMILES string of the molecule is COc1ccc(S(=O)(=O)N2CCc3sccc3C2)cc1. The molecule has 1 aromatic carbocycles. The molecule has 0 spiro atoms. The van der Waals surface area contributed by atoms with Crippen LogP contribution in [-0.2, 0) is 23.0 Å². The van der Waals surface area contributed by atoms with Crippen molar-refractivity contribution in [3.8, 4) is 5.75 Å². The third kappa shape index (κ3) is 2.34. The van der Waals surface area contributed by atoms with Crippen LogP contribution in [0, 0.1) is 0 Å². The Bertz CT molecular complexity index is 704. The Hall–Kier alpha value is -1.37. The number of ether oxygens (including phenoxy) is 1. The van der Waals surface area contributed by atoms with Gasteiger partial charge in [0.2, 0.25) is 10.0 Å². The first kappa shape index (κ1) is 13.6. The second kappa shape index (κ2) is 5.20. The first-order valence-corrected chi connectivity index (χ1v) is 8.62. The van der Waals surface area contributed by atoms with Crippen molar-refractivity contribution in [1.29, 1.82) is 0 Å². The van der Waals surface area contributed by atoms with E-state index in [4.69, 9.17) is 4.74 Å². The van der Waals surface area contributed by atoms with Crippen LogP contribution in [-0.4, -0.2) is 26.4 Å². The average Bonchev–Trinajstić information content (AvgIpc) is 2.94. The highest BCUT2D eigenvalue weighted by molar-refractivity contribution is 7.89. The van der Waals surface area contributed by atoms with E-state index in [1.54, 1.807) is 47.0 Å². The number of fused-ring (bicyclic) bond motifs is 1. The minimum atomic E-state index is -3.43. The Kier molecular flexibility index (Phi) is 3.54. The van der Waals surface area contributed by atoms with Crippen LogP contribution in [0.25, 0.3) is 0 Å². The smallest absolute Gasteiger partial charge is 0.243 e.